The number of benzene rings is 2. The molecule has 0 radical (unpaired) electrons. The predicted octanol–water partition coefficient (Wildman–Crippen LogP) is 2.27. The molecule has 0 spiro atoms. The van der Waals surface area contributed by atoms with Crippen molar-refractivity contribution in [2.24, 2.45) is 10.8 Å². The molecule has 0 saturated heterocycles. The van der Waals surface area contributed by atoms with E-state index in [0.717, 1.165) is 39.5 Å². The van der Waals surface area contributed by atoms with Gasteiger partial charge in [-0.2, -0.15) is 5.10 Å². The first-order valence-electron chi connectivity index (χ1n) is 6.64. The SMILES string of the molecule is COc1ccc2c(c1)C(=NNC(N)=S)c1cc(OC)ccc1-2. The van der Waals surface area contributed by atoms with Crippen LogP contribution in [0.1, 0.15) is 11.1 Å². The standard InChI is InChI=1S/C16H15N3O2S/c1-20-9-3-5-11-12-6-4-10(21-2)8-14(12)15(13(11)7-9)18-19-16(17)22/h3-8H,1-2H3,(H3,17,19,22). The van der Waals surface area contributed by atoms with Crippen LogP contribution in [-0.4, -0.2) is 25.0 Å². The first-order chi connectivity index (χ1) is 10.6. The lowest BCUT2D eigenvalue weighted by atomic mass is 10.1. The molecule has 2 aromatic carbocycles. The predicted molar refractivity (Wildman–Crippen MR) is 90.5 cm³/mol. The Morgan fingerprint density at radius 2 is 1.45 bits per heavy atom. The molecule has 1 aliphatic rings. The molecule has 0 atom stereocenters. The van der Waals surface area contributed by atoms with Crippen molar-refractivity contribution in [3.8, 4) is 22.6 Å². The second-order valence-corrected chi connectivity index (χ2v) is 5.20. The highest BCUT2D eigenvalue weighted by Gasteiger charge is 2.26. The number of rotatable bonds is 3. The van der Waals surface area contributed by atoms with Crippen LogP contribution in [0.2, 0.25) is 0 Å². The number of fused-ring (bicyclic) bond motifs is 3. The fourth-order valence-corrected chi connectivity index (χ4v) is 2.58. The Morgan fingerprint density at radius 3 is 1.86 bits per heavy atom. The Kier molecular flexibility index (Phi) is 3.68. The van der Waals surface area contributed by atoms with Crippen LogP contribution in [0.4, 0.5) is 0 Å². The molecule has 1 aliphatic carbocycles. The van der Waals surface area contributed by atoms with Gasteiger partial charge in [-0.05, 0) is 59.7 Å². The van der Waals surface area contributed by atoms with Crippen LogP contribution in [0, 0.1) is 0 Å². The molecule has 0 fully saturated rings. The van der Waals surface area contributed by atoms with Crippen LogP contribution >= 0.6 is 12.2 Å². The van der Waals surface area contributed by atoms with Gasteiger partial charge < -0.3 is 15.2 Å². The number of nitrogens with zero attached hydrogens (tertiary/aromatic N) is 1. The molecule has 112 valence electrons. The van der Waals surface area contributed by atoms with Gasteiger partial charge in [-0.25, -0.2) is 0 Å². The molecule has 0 saturated carbocycles. The quantitative estimate of drug-likeness (QED) is 0.573. The maximum absolute atomic E-state index is 5.49. The van der Waals surface area contributed by atoms with Gasteiger partial charge in [-0.1, -0.05) is 0 Å². The van der Waals surface area contributed by atoms with Crippen molar-refractivity contribution in [1.29, 1.82) is 0 Å². The Morgan fingerprint density at radius 1 is 0.955 bits per heavy atom. The third-order valence-electron chi connectivity index (χ3n) is 3.53. The summed E-state index contributed by atoms with van der Waals surface area (Å²) in [6.45, 7) is 0. The smallest absolute Gasteiger partial charge is 0.184 e. The van der Waals surface area contributed by atoms with E-state index in [1.165, 1.54) is 0 Å². The Bertz CT molecular complexity index is 731. The average Bonchev–Trinajstić information content (AvgIpc) is 2.84. The van der Waals surface area contributed by atoms with Crippen molar-refractivity contribution in [3.05, 3.63) is 47.5 Å². The molecule has 0 aromatic heterocycles. The van der Waals surface area contributed by atoms with Crippen molar-refractivity contribution in [3.63, 3.8) is 0 Å². The monoisotopic (exact) mass is 313 g/mol. The van der Waals surface area contributed by atoms with Gasteiger partial charge in [0.15, 0.2) is 5.11 Å². The largest absolute Gasteiger partial charge is 0.497 e. The Labute approximate surface area is 133 Å². The summed E-state index contributed by atoms with van der Waals surface area (Å²) in [6, 6.07) is 11.8. The normalized spacial score (nSPS) is 11.5. The zero-order valence-electron chi connectivity index (χ0n) is 12.2. The number of hydrazone groups is 1. The average molecular weight is 313 g/mol. The van der Waals surface area contributed by atoms with Crippen LogP contribution in [0.25, 0.3) is 11.1 Å². The molecular formula is C16H15N3O2S. The number of hydrogen-bond acceptors (Lipinski definition) is 4. The molecule has 0 heterocycles. The fraction of sp³-hybridized carbons (Fsp3) is 0.125. The van der Waals surface area contributed by atoms with Crippen molar-refractivity contribution >= 4 is 23.0 Å². The number of nitrogens with one attached hydrogen (secondary N) is 1. The minimum Gasteiger partial charge on any atom is -0.497 e. The van der Waals surface area contributed by atoms with Crippen LogP contribution in [-0.2, 0) is 0 Å². The van der Waals surface area contributed by atoms with Crippen LogP contribution in [0.3, 0.4) is 0 Å². The molecule has 22 heavy (non-hydrogen) atoms. The van der Waals surface area contributed by atoms with Crippen molar-refractivity contribution in [2.45, 2.75) is 0 Å². The molecule has 5 nitrogen and oxygen atoms in total. The van der Waals surface area contributed by atoms with Gasteiger partial charge in [-0.15, -0.1) is 0 Å². The van der Waals surface area contributed by atoms with Gasteiger partial charge in [0.25, 0.3) is 0 Å². The highest BCUT2D eigenvalue weighted by atomic mass is 32.1. The summed E-state index contributed by atoms with van der Waals surface area (Å²) in [5.74, 6) is 1.53. The lowest BCUT2D eigenvalue weighted by molar-refractivity contribution is 0.414. The first kappa shape index (κ1) is 14.3. The number of thiocarbonyl (C=S) groups is 1. The van der Waals surface area contributed by atoms with Gasteiger partial charge in [-0.3, -0.25) is 5.43 Å². The minimum atomic E-state index is 0.119. The van der Waals surface area contributed by atoms with Gasteiger partial charge in [0.05, 0.1) is 19.9 Å². The number of methoxy groups -OCH3 is 2. The Balaban J connectivity index is 2.20. The minimum absolute atomic E-state index is 0.119. The molecule has 0 amide bonds. The van der Waals surface area contributed by atoms with Crippen LogP contribution < -0.4 is 20.6 Å². The second-order valence-electron chi connectivity index (χ2n) is 4.76. The highest BCUT2D eigenvalue weighted by molar-refractivity contribution is 7.80. The third kappa shape index (κ3) is 2.37. The number of nitrogens with two attached hydrogens (primary N) is 1. The molecule has 0 bridgehead atoms. The van der Waals surface area contributed by atoms with Crippen LogP contribution in [0.5, 0.6) is 11.5 Å². The Hall–Kier alpha value is -2.60. The molecule has 3 rings (SSSR count). The summed E-state index contributed by atoms with van der Waals surface area (Å²) in [7, 11) is 3.27. The molecular weight excluding hydrogens is 298 g/mol. The van der Waals surface area contributed by atoms with E-state index in [4.69, 9.17) is 27.4 Å². The first-order valence-corrected chi connectivity index (χ1v) is 7.05. The molecule has 6 heteroatoms. The fourth-order valence-electron chi connectivity index (χ4n) is 2.54. The van der Waals surface area contributed by atoms with Gasteiger partial charge in [0.2, 0.25) is 0 Å². The number of hydrogen-bond donors (Lipinski definition) is 2. The van der Waals surface area contributed by atoms with Crippen molar-refractivity contribution in [2.75, 3.05) is 14.2 Å². The molecule has 3 N–H and O–H groups in total. The molecule has 0 aliphatic heterocycles. The zero-order valence-corrected chi connectivity index (χ0v) is 13.0. The van der Waals surface area contributed by atoms with Crippen LogP contribution in [0.15, 0.2) is 41.5 Å². The maximum atomic E-state index is 5.49. The van der Waals surface area contributed by atoms with E-state index in [2.05, 4.69) is 10.5 Å². The van der Waals surface area contributed by atoms with Gasteiger partial charge >= 0.3 is 0 Å². The summed E-state index contributed by atoms with van der Waals surface area (Å²) in [5.41, 5.74) is 13.0. The maximum Gasteiger partial charge on any atom is 0.184 e. The van der Waals surface area contributed by atoms with E-state index in [1.54, 1.807) is 14.2 Å². The second kappa shape index (κ2) is 5.65. The molecule has 0 unspecified atom stereocenters. The van der Waals surface area contributed by atoms with Gasteiger partial charge in [0.1, 0.15) is 11.5 Å². The number of ether oxygens (including phenoxy) is 2. The third-order valence-corrected chi connectivity index (χ3v) is 3.62. The summed E-state index contributed by atoms with van der Waals surface area (Å²) in [6.07, 6.45) is 0. The lowest BCUT2D eigenvalue weighted by Crippen LogP contribution is -2.25. The topological polar surface area (TPSA) is 68.9 Å². The summed E-state index contributed by atoms with van der Waals surface area (Å²) < 4.78 is 10.6. The highest BCUT2D eigenvalue weighted by Crippen LogP contribution is 2.40. The van der Waals surface area contributed by atoms with Crippen molar-refractivity contribution < 1.29 is 9.47 Å². The van der Waals surface area contributed by atoms with E-state index >= 15 is 0 Å². The van der Waals surface area contributed by atoms with E-state index in [1.807, 2.05) is 36.4 Å². The van der Waals surface area contributed by atoms with Crippen molar-refractivity contribution in [1.82, 2.24) is 5.43 Å². The van der Waals surface area contributed by atoms with E-state index in [9.17, 15) is 0 Å². The van der Waals surface area contributed by atoms with E-state index in [-0.39, 0.29) is 5.11 Å². The van der Waals surface area contributed by atoms with E-state index in [0.29, 0.717) is 0 Å². The summed E-state index contributed by atoms with van der Waals surface area (Å²) in [4.78, 5) is 0. The van der Waals surface area contributed by atoms with Gasteiger partial charge in [0, 0.05) is 11.1 Å². The lowest BCUT2D eigenvalue weighted by Gasteiger charge is -2.05. The summed E-state index contributed by atoms with van der Waals surface area (Å²) >= 11 is 4.83. The zero-order chi connectivity index (χ0) is 15.7. The van der Waals surface area contributed by atoms with E-state index < -0.39 is 0 Å². The summed E-state index contributed by atoms with van der Waals surface area (Å²) in [5, 5.41) is 4.46. The molecule has 2 aromatic rings.